The molecule has 0 spiro atoms. The van der Waals surface area contributed by atoms with Gasteiger partial charge in [-0.3, -0.25) is 4.79 Å². The monoisotopic (exact) mass is 332 g/mol. The minimum absolute atomic E-state index is 0.0988. The highest BCUT2D eigenvalue weighted by atomic mass is 32.1. The Morgan fingerprint density at radius 2 is 1.91 bits per heavy atom. The summed E-state index contributed by atoms with van der Waals surface area (Å²) in [5, 5.41) is 1.04. The molecule has 0 aliphatic carbocycles. The van der Waals surface area contributed by atoms with Gasteiger partial charge in [0.15, 0.2) is 0 Å². The maximum absolute atomic E-state index is 12.8. The van der Waals surface area contributed by atoms with E-state index in [0.29, 0.717) is 0 Å². The van der Waals surface area contributed by atoms with Crippen molar-refractivity contribution in [2.24, 2.45) is 0 Å². The number of hydrogen-bond acceptors (Lipinski definition) is 5. The third-order valence-electron chi connectivity index (χ3n) is 4.57. The van der Waals surface area contributed by atoms with Crippen LogP contribution in [-0.2, 0) is 0 Å². The predicted molar refractivity (Wildman–Crippen MR) is 94.3 cm³/mol. The first-order chi connectivity index (χ1) is 11.0. The molecule has 1 aliphatic rings. The fraction of sp³-hybridized carbons (Fsp3) is 0.588. The molecule has 0 radical (unpaired) electrons. The number of hydrogen-bond donors (Lipinski definition) is 0. The van der Waals surface area contributed by atoms with E-state index in [-0.39, 0.29) is 5.91 Å². The molecule has 5 nitrogen and oxygen atoms in total. The highest BCUT2D eigenvalue weighted by Crippen LogP contribution is 2.31. The summed E-state index contributed by atoms with van der Waals surface area (Å²) in [6.45, 7) is 9.95. The van der Waals surface area contributed by atoms with Crippen LogP contribution in [0.5, 0.6) is 0 Å². The van der Waals surface area contributed by atoms with E-state index in [1.54, 1.807) is 0 Å². The molecule has 0 aromatic carbocycles. The number of thiophene rings is 1. The van der Waals surface area contributed by atoms with Crippen molar-refractivity contribution in [1.82, 2.24) is 19.8 Å². The molecule has 3 heterocycles. The molecule has 1 saturated heterocycles. The summed E-state index contributed by atoms with van der Waals surface area (Å²) in [6.07, 6.45) is 2.56. The number of aryl methyl sites for hydroxylation is 3. The lowest BCUT2D eigenvalue weighted by Gasteiger charge is -2.21. The Balaban J connectivity index is 1.79. The zero-order chi connectivity index (χ0) is 16.6. The van der Waals surface area contributed by atoms with Crippen LogP contribution >= 0.6 is 11.3 Å². The van der Waals surface area contributed by atoms with Crippen LogP contribution in [0.1, 0.15) is 39.6 Å². The second kappa shape index (κ2) is 6.53. The Kier molecular flexibility index (Phi) is 4.64. The molecule has 2 aromatic rings. The maximum Gasteiger partial charge on any atom is 0.264 e. The molecule has 2 aromatic heterocycles. The number of nitrogens with zero attached hydrogens (tertiary/aromatic N) is 4. The molecule has 0 bridgehead atoms. The number of aromatic nitrogens is 2. The largest absolute Gasteiger partial charge is 0.340 e. The predicted octanol–water partition coefficient (Wildman–Crippen LogP) is 2.78. The molecule has 6 heteroatoms. The van der Waals surface area contributed by atoms with Crippen LogP contribution in [0.2, 0.25) is 0 Å². The Labute approximate surface area is 141 Å². The van der Waals surface area contributed by atoms with Crippen LogP contribution < -0.4 is 0 Å². The van der Waals surface area contributed by atoms with Gasteiger partial charge in [0, 0.05) is 31.2 Å². The maximum atomic E-state index is 12.8. The van der Waals surface area contributed by atoms with Crippen LogP contribution in [0.15, 0.2) is 0 Å². The molecule has 1 fully saturated rings. The van der Waals surface area contributed by atoms with E-state index in [1.165, 1.54) is 24.2 Å². The van der Waals surface area contributed by atoms with E-state index in [2.05, 4.69) is 14.9 Å². The molecular formula is C17H24N4OS. The van der Waals surface area contributed by atoms with Gasteiger partial charge >= 0.3 is 0 Å². The molecule has 0 unspecified atom stereocenters. The third-order valence-corrected chi connectivity index (χ3v) is 5.75. The number of fused-ring (bicyclic) bond motifs is 1. The lowest BCUT2D eigenvalue weighted by atomic mass is 10.1. The molecule has 1 amide bonds. The number of carbonyl (C=O) groups is 1. The van der Waals surface area contributed by atoms with E-state index in [0.717, 1.165) is 58.4 Å². The minimum atomic E-state index is 0.0988. The zero-order valence-corrected chi connectivity index (χ0v) is 15.2. The van der Waals surface area contributed by atoms with Gasteiger partial charge in [0.2, 0.25) is 0 Å². The smallest absolute Gasteiger partial charge is 0.264 e. The van der Waals surface area contributed by atoms with E-state index in [9.17, 15) is 4.79 Å². The Morgan fingerprint density at radius 1 is 1.22 bits per heavy atom. The lowest BCUT2D eigenvalue weighted by molar-refractivity contribution is 0.0786. The Hall–Kier alpha value is -1.53. The second-order valence-corrected chi connectivity index (χ2v) is 7.37. The van der Waals surface area contributed by atoms with Crippen molar-refractivity contribution >= 4 is 27.5 Å². The quantitative estimate of drug-likeness (QED) is 0.864. The number of likely N-dealkylation sites (tertiary alicyclic amines) is 1. The number of carbonyl (C=O) groups excluding carboxylic acids is 1. The van der Waals surface area contributed by atoms with E-state index in [4.69, 9.17) is 0 Å². The number of rotatable bonds is 4. The van der Waals surface area contributed by atoms with Crippen LogP contribution in [0, 0.1) is 20.8 Å². The molecule has 0 N–H and O–H groups in total. The van der Waals surface area contributed by atoms with Gasteiger partial charge in [-0.05, 0) is 52.3 Å². The first-order valence-corrected chi connectivity index (χ1v) is 9.01. The summed E-state index contributed by atoms with van der Waals surface area (Å²) in [4.78, 5) is 27.7. The topological polar surface area (TPSA) is 49.3 Å². The van der Waals surface area contributed by atoms with Gasteiger partial charge in [-0.15, -0.1) is 11.3 Å². The first kappa shape index (κ1) is 16.3. The first-order valence-electron chi connectivity index (χ1n) is 8.19. The SMILES string of the molecule is Cc1nc(C)c2c(C)c(C(=O)N(C)CCN3CCCC3)sc2n1. The van der Waals surface area contributed by atoms with Crippen molar-refractivity contribution in [3.05, 3.63) is 22.0 Å². The summed E-state index contributed by atoms with van der Waals surface area (Å²) in [5.74, 6) is 0.861. The summed E-state index contributed by atoms with van der Waals surface area (Å²) < 4.78 is 0. The molecular weight excluding hydrogens is 308 g/mol. The zero-order valence-electron chi connectivity index (χ0n) is 14.3. The average molecular weight is 332 g/mol. The molecule has 1 aliphatic heterocycles. The van der Waals surface area contributed by atoms with Gasteiger partial charge in [-0.2, -0.15) is 0 Å². The van der Waals surface area contributed by atoms with Gasteiger partial charge in [0.25, 0.3) is 5.91 Å². The lowest BCUT2D eigenvalue weighted by Crippen LogP contribution is -2.35. The third kappa shape index (κ3) is 3.23. The standard InChI is InChI=1S/C17H24N4OS/c1-11-14-12(2)18-13(3)19-16(14)23-15(11)17(22)20(4)9-10-21-7-5-6-8-21/h5-10H2,1-4H3. The highest BCUT2D eigenvalue weighted by Gasteiger charge is 2.22. The molecule has 0 saturated carbocycles. The van der Waals surface area contributed by atoms with Crippen molar-refractivity contribution in [3.8, 4) is 0 Å². The number of likely N-dealkylation sites (N-methyl/N-ethyl adjacent to an activating group) is 1. The van der Waals surface area contributed by atoms with Crippen LogP contribution in [0.3, 0.4) is 0 Å². The van der Waals surface area contributed by atoms with Crippen molar-refractivity contribution in [3.63, 3.8) is 0 Å². The normalized spacial score (nSPS) is 15.5. The molecule has 3 rings (SSSR count). The van der Waals surface area contributed by atoms with Crippen LogP contribution in [0.4, 0.5) is 0 Å². The van der Waals surface area contributed by atoms with Gasteiger partial charge in [0.1, 0.15) is 10.7 Å². The Morgan fingerprint density at radius 3 is 2.61 bits per heavy atom. The Bertz CT molecular complexity index is 734. The van der Waals surface area contributed by atoms with Gasteiger partial charge in [-0.25, -0.2) is 9.97 Å². The van der Waals surface area contributed by atoms with E-state index < -0.39 is 0 Å². The minimum Gasteiger partial charge on any atom is -0.340 e. The summed E-state index contributed by atoms with van der Waals surface area (Å²) in [5.41, 5.74) is 1.97. The molecule has 23 heavy (non-hydrogen) atoms. The van der Waals surface area contributed by atoms with E-state index >= 15 is 0 Å². The average Bonchev–Trinajstić information content (AvgIpc) is 3.12. The summed E-state index contributed by atoms with van der Waals surface area (Å²) in [7, 11) is 1.89. The van der Waals surface area contributed by atoms with Gasteiger partial charge in [-0.1, -0.05) is 0 Å². The van der Waals surface area contributed by atoms with Crippen molar-refractivity contribution in [1.29, 1.82) is 0 Å². The summed E-state index contributed by atoms with van der Waals surface area (Å²) in [6, 6.07) is 0. The second-order valence-electron chi connectivity index (χ2n) is 6.37. The van der Waals surface area contributed by atoms with Crippen LogP contribution in [-0.4, -0.2) is 58.9 Å². The van der Waals surface area contributed by atoms with Crippen LogP contribution in [0.25, 0.3) is 10.2 Å². The van der Waals surface area contributed by atoms with Gasteiger partial charge < -0.3 is 9.80 Å². The highest BCUT2D eigenvalue weighted by molar-refractivity contribution is 7.20. The van der Waals surface area contributed by atoms with Gasteiger partial charge in [0.05, 0.1) is 4.88 Å². The molecule has 124 valence electrons. The number of amides is 1. The van der Waals surface area contributed by atoms with E-state index in [1.807, 2.05) is 32.7 Å². The van der Waals surface area contributed by atoms with Crippen molar-refractivity contribution in [2.75, 3.05) is 33.2 Å². The fourth-order valence-electron chi connectivity index (χ4n) is 3.25. The molecule has 0 atom stereocenters. The van der Waals surface area contributed by atoms with Crippen molar-refractivity contribution < 1.29 is 4.79 Å². The van der Waals surface area contributed by atoms with Crippen molar-refractivity contribution in [2.45, 2.75) is 33.6 Å². The fourth-order valence-corrected chi connectivity index (χ4v) is 4.52. The summed E-state index contributed by atoms with van der Waals surface area (Å²) >= 11 is 1.49.